The van der Waals surface area contributed by atoms with Crippen molar-refractivity contribution in [3.05, 3.63) is 28.6 Å². The number of phenolic OH excluding ortho intramolecular Hbond substituents is 2. The lowest BCUT2D eigenvalue weighted by Crippen LogP contribution is -2.27. The predicted molar refractivity (Wildman–Crippen MR) is 73.5 cm³/mol. The van der Waals surface area contributed by atoms with Gasteiger partial charge in [-0.15, -0.1) is 11.3 Å². The number of primary amides is 1. The highest BCUT2D eigenvalue weighted by Crippen LogP contribution is 2.34. The molecule has 104 valence electrons. The molecular weight excluding hydrogens is 280 g/mol. The number of rotatable bonds is 4. The van der Waals surface area contributed by atoms with E-state index in [4.69, 9.17) is 5.73 Å². The van der Waals surface area contributed by atoms with Gasteiger partial charge in [-0.05, 0) is 19.1 Å². The summed E-state index contributed by atoms with van der Waals surface area (Å²) < 4.78 is 0. The number of thiazole rings is 1. The van der Waals surface area contributed by atoms with Crippen molar-refractivity contribution in [2.45, 2.75) is 12.8 Å². The number of amides is 1. The van der Waals surface area contributed by atoms with Crippen LogP contribution in [0, 0.1) is 0 Å². The van der Waals surface area contributed by atoms with Gasteiger partial charge < -0.3 is 15.9 Å². The van der Waals surface area contributed by atoms with Crippen LogP contribution in [-0.4, -0.2) is 26.9 Å². The monoisotopic (exact) mass is 292 g/mol. The highest BCUT2D eigenvalue weighted by atomic mass is 32.1. The quantitative estimate of drug-likeness (QED) is 0.737. The number of hydrogen-bond acceptors (Lipinski definition) is 6. The second kappa shape index (κ2) is 5.30. The molecular formula is C13H12N2O4S. The van der Waals surface area contributed by atoms with Crippen LogP contribution in [0.15, 0.2) is 23.6 Å². The summed E-state index contributed by atoms with van der Waals surface area (Å²) in [6.07, 6.45) is 0. The van der Waals surface area contributed by atoms with E-state index in [0.29, 0.717) is 16.3 Å². The van der Waals surface area contributed by atoms with E-state index in [-0.39, 0.29) is 11.5 Å². The molecule has 1 amide bonds. The maximum atomic E-state index is 11.5. The van der Waals surface area contributed by atoms with E-state index < -0.39 is 17.6 Å². The van der Waals surface area contributed by atoms with Gasteiger partial charge >= 0.3 is 0 Å². The normalized spacial score (nSPS) is 12.1. The third kappa shape index (κ3) is 2.62. The van der Waals surface area contributed by atoms with Crippen molar-refractivity contribution in [2.24, 2.45) is 5.73 Å². The van der Waals surface area contributed by atoms with Gasteiger partial charge in [-0.1, -0.05) is 0 Å². The summed E-state index contributed by atoms with van der Waals surface area (Å²) in [6.45, 7) is 1.55. The van der Waals surface area contributed by atoms with Gasteiger partial charge in [0.1, 0.15) is 16.5 Å². The molecule has 4 N–H and O–H groups in total. The van der Waals surface area contributed by atoms with Crippen LogP contribution in [-0.2, 0) is 9.59 Å². The molecule has 0 aliphatic heterocycles. The third-order valence-electron chi connectivity index (χ3n) is 2.79. The maximum absolute atomic E-state index is 11.5. The van der Waals surface area contributed by atoms with E-state index >= 15 is 0 Å². The number of ketones is 1. The lowest BCUT2D eigenvalue weighted by Gasteiger charge is -2.04. The molecule has 0 bridgehead atoms. The van der Waals surface area contributed by atoms with E-state index in [1.54, 1.807) is 12.3 Å². The molecule has 6 nitrogen and oxygen atoms in total. The molecule has 0 saturated carbocycles. The minimum absolute atomic E-state index is 0.0565. The van der Waals surface area contributed by atoms with Crippen LogP contribution in [0.3, 0.4) is 0 Å². The first-order chi connectivity index (χ1) is 9.40. The molecule has 2 aromatic rings. The van der Waals surface area contributed by atoms with Gasteiger partial charge in [0.25, 0.3) is 5.91 Å². The van der Waals surface area contributed by atoms with Crippen molar-refractivity contribution in [1.29, 1.82) is 0 Å². The Hall–Kier alpha value is -2.41. The minimum Gasteiger partial charge on any atom is -0.508 e. The van der Waals surface area contributed by atoms with Crippen molar-refractivity contribution in [1.82, 2.24) is 4.98 Å². The zero-order valence-corrected chi connectivity index (χ0v) is 11.3. The predicted octanol–water partition coefficient (Wildman–Crippen LogP) is 1.38. The fourth-order valence-electron chi connectivity index (χ4n) is 1.67. The van der Waals surface area contributed by atoms with E-state index in [0.717, 1.165) is 0 Å². The average molecular weight is 292 g/mol. The van der Waals surface area contributed by atoms with Crippen LogP contribution in [0.25, 0.3) is 11.3 Å². The topological polar surface area (TPSA) is 114 Å². The lowest BCUT2D eigenvalue weighted by atomic mass is 10.1. The van der Waals surface area contributed by atoms with Crippen LogP contribution < -0.4 is 5.73 Å². The summed E-state index contributed by atoms with van der Waals surface area (Å²) in [7, 11) is 0. The molecule has 1 heterocycles. The van der Waals surface area contributed by atoms with Gasteiger partial charge in [0.2, 0.25) is 5.78 Å². The SMILES string of the molecule is CC(C(=O)C(N)=O)c1nc(-c2ccc(O)cc2O)cs1. The molecule has 1 aromatic heterocycles. The number of nitrogens with two attached hydrogens (primary N) is 1. The number of phenols is 2. The van der Waals surface area contributed by atoms with E-state index in [1.807, 2.05) is 0 Å². The van der Waals surface area contributed by atoms with Crippen LogP contribution >= 0.6 is 11.3 Å². The number of aromatic hydroxyl groups is 2. The molecule has 20 heavy (non-hydrogen) atoms. The molecule has 1 atom stereocenters. The summed E-state index contributed by atoms with van der Waals surface area (Å²) >= 11 is 1.20. The number of benzene rings is 1. The second-order valence-corrected chi connectivity index (χ2v) is 5.11. The van der Waals surface area contributed by atoms with Gasteiger partial charge in [0.05, 0.1) is 11.6 Å². The molecule has 0 fully saturated rings. The summed E-state index contributed by atoms with van der Waals surface area (Å²) in [4.78, 5) is 26.6. The molecule has 0 radical (unpaired) electrons. The highest BCUT2D eigenvalue weighted by Gasteiger charge is 2.23. The Labute approximate surface area is 118 Å². The highest BCUT2D eigenvalue weighted by molar-refractivity contribution is 7.10. The second-order valence-electron chi connectivity index (χ2n) is 4.22. The first-order valence-corrected chi connectivity index (χ1v) is 6.59. The van der Waals surface area contributed by atoms with Gasteiger partial charge in [-0.25, -0.2) is 4.98 Å². The summed E-state index contributed by atoms with van der Waals surface area (Å²) in [5.74, 6) is -2.59. The molecule has 1 unspecified atom stereocenters. The molecule has 0 spiro atoms. The van der Waals surface area contributed by atoms with Gasteiger partial charge in [0, 0.05) is 17.0 Å². The standard InChI is InChI=1S/C13H12N2O4S/c1-6(11(18)12(14)19)13-15-9(5-20-13)8-3-2-7(16)4-10(8)17/h2-6,16-17H,1H3,(H2,14,19). The summed E-state index contributed by atoms with van der Waals surface area (Å²) in [5.41, 5.74) is 5.85. The lowest BCUT2D eigenvalue weighted by molar-refractivity contribution is -0.136. The fourth-order valence-corrected chi connectivity index (χ4v) is 2.55. The Morgan fingerprint density at radius 2 is 2.05 bits per heavy atom. The molecule has 0 saturated heterocycles. The van der Waals surface area contributed by atoms with Crippen molar-refractivity contribution in [2.75, 3.05) is 0 Å². The maximum Gasteiger partial charge on any atom is 0.285 e. The Kier molecular flexibility index (Phi) is 3.71. The Morgan fingerprint density at radius 3 is 2.65 bits per heavy atom. The van der Waals surface area contributed by atoms with Gasteiger partial charge in [-0.3, -0.25) is 9.59 Å². The summed E-state index contributed by atoms with van der Waals surface area (Å²) in [6, 6.07) is 4.14. The molecule has 0 aliphatic rings. The van der Waals surface area contributed by atoms with E-state index in [9.17, 15) is 19.8 Å². The third-order valence-corrected chi connectivity index (χ3v) is 3.81. The van der Waals surface area contributed by atoms with Crippen molar-refractivity contribution in [3.8, 4) is 22.8 Å². The smallest absolute Gasteiger partial charge is 0.285 e. The van der Waals surface area contributed by atoms with Crippen LogP contribution in [0.2, 0.25) is 0 Å². The summed E-state index contributed by atoms with van der Waals surface area (Å²) in [5, 5.41) is 21.1. The number of nitrogens with zero attached hydrogens (tertiary/aromatic N) is 1. The average Bonchev–Trinajstić information content (AvgIpc) is 2.86. The van der Waals surface area contributed by atoms with Crippen molar-refractivity contribution < 1.29 is 19.8 Å². The van der Waals surface area contributed by atoms with Gasteiger partial charge in [-0.2, -0.15) is 0 Å². The van der Waals surface area contributed by atoms with Crippen molar-refractivity contribution >= 4 is 23.0 Å². The number of carbonyl (C=O) groups excluding carboxylic acids is 2. The fraction of sp³-hybridized carbons (Fsp3) is 0.154. The Balaban J connectivity index is 2.33. The Bertz CT molecular complexity index is 681. The Morgan fingerprint density at radius 1 is 1.35 bits per heavy atom. The minimum atomic E-state index is -0.998. The van der Waals surface area contributed by atoms with Crippen LogP contribution in [0.5, 0.6) is 11.5 Å². The largest absolute Gasteiger partial charge is 0.508 e. The van der Waals surface area contributed by atoms with E-state index in [1.165, 1.54) is 29.5 Å². The zero-order valence-electron chi connectivity index (χ0n) is 10.5. The van der Waals surface area contributed by atoms with Crippen LogP contribution in [0.1, 0.15) is 17.8 Å². The zero-order chi connectivity index (χ0) is 14.9. The molecule has 0 aliphatic carbocycles. The first kappa shape index (κ1) is 14.0. The van der Waals surface area contributed by atoms with Crippen molar-refractivity contribution in [3.63, 3.8) is 0 Å². The molecule has 7 heteroatoms. The molecule has 2 rings (SSSR count). The first-order valence-electron chi connectivity index (χ1n) is 5.71. The number of Topliss-reactive ketones (excluding diaryl/α,β-unsaturated/α-hetero) is 1. The molecule has 1 aromatic carbocycles. The van der Waals surface area contributed by atoms with E-state index in [2.05, 4.69) is 4.98 Å². The number of aromatic nitrogens is 1. The number of hydrogen-bond donors (Lipinski definition) is 3. The number of carbonyl (C=O) groups is 2. The van der Waals surface area contributed by atoms with Crippen LogP contribution in [0.4, 0.5) is 0 Å². The van der Waals surface area contributed by atoms with Gasteiger partial charge in [0.15, 0.2) is 0 Å².